The zero-order chi connectivity index (χ0) is 18.4. The van der Waals surface area contributed by atoms with Crippen LogP contribution >= 0.6 is 0 Å². The van der Waals surface area contributed by atoms with Gasteiger partial charge in [0, 0.05) is 19.2 Å². The van der Waals surface area contributed by atoms with Gasteiger partial charge in [-0.25, -0.2) is 0 Å². The Bertz CT molecular complexity index is 788. The van der Waals surface area contributed by atoms with Crippen molar-refractivity contribution in [2.24, 2.45) is 0 Å². The summed E-state index contributed by atoms with van der Waals surface area (Å²) in [5, 5.41) is 18.9. The Morgan fingerprint density at radius 1 is 1.24 bits per heavy atom. The minimum absolute atomic E-state index is 0.165. The first-order valence-electron chi connectivity index (χ1n) is 7.99. The molecule has 0 radical (unpaired) electrons. The van der Waals surface area contributed by atoms with Crippen LogP contribution in [0.15, 0.2) is 48.5 Å². The second-order valence-corrected chi connectivity index (χ2v) is 6.57. The number of hydrogen-bond donors (Lipinski definition) is 1. The van der Waals surface area contributed by atoms with Crippen molar-refractivity contribution in [2.45, 2.75) is 26.1 Å². The molecule has 0 aliphatic heterocycles. The fourth-order valence-corrected chi connectivity index (χ4v) is 2.51. The lowest BCUT2D eigenvalue weighted by Crippen LogP contribution is -2.39. The largest absolute Gasteiger partial charge is 0.488 e. The summed E-state index contributed by atoms with van der Waals surface area (Å²) in [6.45, 7) is 3.82. The van der Waals surface area contributed by atoms with Gasteiger partial charge in [0.05, 0.1) is 11.2 Å². The maximum absolute atomic E-state index is 12.5. The first-order chi connectivity index (χ1) is 11.8. The normalized spacial score (nSPS) is 10.8. The number of nitrogens with zero attached hydrogens (tertiary/aromatic N) is 2. The first kappa shape index (κ1) is 18.5. The van der Waals surface area contributed by atoms with Gasteiger partial charge >= 0.3 is 0 Å². The van der Waals surface area contributed by atoms with E-state index in [1.807, 2.05) is 12.1 Å². The highest BCUT2D eigenvalue weighted by molar-refractivity contribution is 5.94. The van der Waals surface area contributed by atoms with Gasteiger partial charge in [-0.1, -0.05) is 24.3 Å². The van der Waals surface area contributed by atoms with Crippen LogP contribution in [0.3, 0.4) is 0 Å². The number of benzene rings is 2. The van der Waals surface area contributed by atoms with Crippen LogP contribution in [0.5, 0.6) is 5.75 Å². The highest BCUT2D eigenvalue weighted by Gasteiger charge is 2.20. The fraction of sp³-hybridized carbons (Fsp3) is 0.300. The van der Waals surface area contributed by atoms with Crippen molar-refractivity contribution >= 4 is 5.91 Å². The summed E-state index contributed by atoms with van der Waals surface area (Å²) in [7, 11) is 1.66. The zero-order valence-electron chi connectivity index (χ0n) is 14.7. The Balaban J connectivity index is 2.08. The van der Waals surface area contributed by atoms with Crippen LogP contribution in [0.4, 0.5) is 0 Å². The van der Waals surface area contributed by atoms with Crippen LogP contribution < -0.4 is 4.74 Å². The van der Waals surface area contributed by atoms with Crippen molar-refractivity contribution in [1.29, 1.82) is 5.26 Å². The SMILES string of the molecule is CN(CC(C)(C)O)C(=O)c1cccc(COc2ccccc2C#N)c1. The van der Waals surface area contributed by atoms with Crippen molar-refractivity contribution in [3.8, 4) is 11.8 Å². The minimum Gasteiger partial charge on any atom is -0.488 e. The summed E-state index contributed by atoms with van der Waals surface area (Å²) in [6, 6.07) is 16.3. The highest BCUT2D eigenvalue weighted by atomic mass is 16.5. The van der Waals surface area contributed by atoms with Crippen LogP contribution in [0, 0.1) is 11.3 Å². The van der Waals surface area contributed by atoms with E-state index in [9.17, 15) is 9.90 Å². The molecule has 0 saturated carbocycles. The molecule has 0 fully saturated rings. The van der Waals surface area contributed by atoms with Crippen LogP contribution in [-0.4, -0.2) is 35.1 Å². The van der Waals surface area contributed by atoms with E-state index in [4.69, 9.17) is 10.00 Å². The van der Waals surface area contributed by atoms with Gasteiger partial charge in [0.1, 0.15) is 18.4 Å². The fourth-order valence-electron chi connectivity index (χ4n) is 2.51. The topological polar surface area (TPSA) is 73.6 Å². The van der Waals surface area contributed by atoms with Crippen molar-refractivity contribution < 1.29 is 14.6 Å². The summed E-state index contributed by atoms with van der Waals surface area (Å²) in [5.74, 6) is 0.349. The van der Waals surface area contributed by atoms with Crippen LogP contribution in [0.2, 0.25) is 0 Å². The molecule has 2 rings (SSSR count). The monoisotopic (exact) mass is 338 g/mol. The maximum Gasteiger partial charge on any atom is 0.253 e. The Morgan fingerprint density at radius 3 is 2.64 bits per heavy atom. The van der Waals surface area contributed by atoms with Gasteiger partial charge in [0.2, 0.25) is 0 Å². The summed E-state index contributed by atoms with van der Waals surface area (Å²) >= 11 is 0. The number of rotatable bonds is 6. The predicted molar refractivity (Wildman–Crippen MR) is 95.2 cm³/mol. The quantitative estimate of drug-likeness (QED) is 0.879. The second-order valence-electron chi connectivity index (χ2n) is 6.57. The van der Waals surface area contributed by atoms with Gasteiger partial charge < -0.3 is 14.7 Å². The molecule has 2 aromatic carbocycles. The number of ether oxygens (including phenoxy) is 1. The second kappa shape index (κ2) is 7.82. The third-order valence-corrected chi connectivity index (χ3v) is 3.55. The number of nitriles is 1. The van der Waals surface area contributed by atoms with E-state index in [0.717, 1.165) is 5.56 Å². The van der Waals surface area contributed by atoms with Gasteiger partial charge in [-0.05, 0) is 43.7 Å². The van der Waals surface area contributed by atoms with Gasteiger partial charge in [-0.2, -0.15) is 5.26 Å². The lowest BCUT2D eigenvalue weighted by molar-refractivity contribution is 0.0368. The molecule has 5 heteroatoms. The summed E-state index contributed by atoms with van der Waals surface area (Å²) in [4.78, 5) is 14.0. The summed E-state index contributed by atoms with van der Waals surface area (Å²) in [6.07, 6.45) is 0. The average Bonchev–Trinajstić information content (AvgIpc) is 2.58. The van der Waals surface area contributed by atoms with E-state index in [2.05, 4.69) is 6.07 Å². The molecule has 25 heavy (non-hydrogen) atoms. The number of amides is 1. The molecule has 1 N–H and O–H groups in total. The van der Waals surface area contributed by atoms with Crippen molar-refractivity contribution in [3.05, 3.63) is 65.2 Å². The molecule has 0 bridgehead atoms. The molecule has 0 spiro atoms. The first-order valence-corrected chi connectivity index (χ1v) is 7.99. The van der Waals surface area contributed by atoms with E-state index < -0.39 is 5.60 Å². The van der Waals surface area contributed by atoms with Gasteiger partial charge in [-0.3, -0.25) is 4.79 Å². The lowest BCUT2D eigenvalue weighted by atomic mass is 10.1. The molecule has 0 aliphatic rings. The smallest absolute Gasteiger partial charge is 0.253 e. The Hall–Kier alpha value is -2.84. The zero-order valence-corrected chi connectivity index (χ0v) is 14.7. The summed E-state index contributed by atoms with van der Waals surface area (Å²) in [5.41, 5.74) is 0.878. The van der Waals surface area contributed by atoms with Gasteiger partial charge in [-0.15, -0.1) is 0 Å². The molecule has 1 amide bonds. The minimum atomic E-state index is -0.952. The molecule has 5 nitrogen and oxygen atoms in total. The van der Waals surface area contributed by atoms with Gasteiger partial charge in [0.25, 0.3) is 5.91 Å². The van der Waals surface area contributed by atoms with E-state index in [1.165, 1.54) is 4.90 Å². The number of carbonyl (C=O) groups excluding carboxylic acids is 1. The average molecular weight is 338 g/mol. The Labute approximate surface area is 148 Å². The van der Waals surface area contributed by atoms with Crippen LogP contribution in [0.25, 0.3) is 0 Å². The molecule has 2 aromatic rings. The molecule has 0 heterocycles. The molecular formula is C20H22N2O3. The van der Waals surface area contributed by atoms with Crippen LogP contribution in [0.1, 0.15) is 35.3 Å². The lowest BCUT2D eigenvalue weighted by Gasteiger charge is -2.25. The number of aliphatic hydroxyl groups is 1. The van der Waals surface area contributed by atoms with Crippen molar-refractivity contribution in [3.63, 3.8) is 0 Å². The summed E-state index contributed by atoms with van der Waals surface area (Å²) < 4.78 is 5.70. The molecule has 0 aliphatic carbocycles. The highest BCUT2D eigenvalue weighted by Crippen LogP contribution is 2.19. The maximum atomic E-state index is 12.5. The number of para-hydroxylation sites is 1. The number of likely N-dealkylation sites (N-methyl/N-ethyl adjacent to an activating group) is 1. The Kier molecular flexibility index (Phi) is 5.79. The molecular weight excluding hydrogens is 316 g/mol. The molecule has 0 atom stereocenters. The van der Waals surface area contributed by atoms with E-state index >= 15 is 0 Å². The Morgan fingerprint density at radius 2 is 1.96 bits per heavy atom. The van der Waals surface area contributed by atoms with E-state index in [-0.39, 0.29) is 19.1 Å². The van der Waals surface area contributed by atoms with Crippen LogP contribution in [-0.2, 0) is 6.61 Å². The molecule has 0 aromatic heterocycles. The third-order valence-electron chi connectivity index (χ3n) is 3.55. The molecule has 0 saturated heterocycles. The molecule has 0 unspecified atom stereocenters. The van der Waals surface area contributed by atoms with Gasteiger partial charge in [0.15, 0.2) is 0 Å². The molecule has 130 valence electrons. The standard InChI is InChI=1S/C20H22N2O3/c1-20(2,24)14-22(3)19(23)16-9-6-7-15(11-16)13-25-18-10-5-4-8-17(18)12-21/h4-11,24H,13-14H2,1-3H3. The number of hydrogen-bond acceptors (Lipinski definition) is 4. The van der Waals surface area contributed by atoms with Crippen molar-refractivity contribution in [2.75, 3.05) is 13.6 Å². The van der Waals surface area contributed by atoms with E-state index in [0.29, 0.717) is 16.9 Å². The van der Waals surface area contributed by atoms with E-state index in [1.54, 1.807) is 57.3 Å². The van der Waals surface area contributed by atoms with Crippen molar-refractivity contribution in [1.82, 2.24) is 4.90 Å². The third kappa shape index (κ3) is 5.33. The predicted octanol–water partition coefficient (Wildman–Crippen LogP) is 2.98. The number of carbonyl (C=O) groups is 1.